The molecule has 1 aliphatic rings. The summed E-state index contributed by atoms with van der Waals surface area (Å²) in [7, 11) is 0. The number of nitrogens with zero attached hydrogens (tertiary/aromatic N) is 2. The van der Waals surface area contributed by atoms with E-state index in [1.807, 2.05) is 24.3 Å². The molecule has 2 aromatic carbocycles. The molecule has 0 atom stereocenters. The van der Waals surface area contributed by atoms with E-state index in [0.29, 0.717) is 31.7 Å². The van der Waals surface area contributed by atoms with Crippen LogP contribution in [0.15, 0.2) is 60.7 Å². The second kappa shape index (κ2) is 9.56. The Kier molecular flexibility index (Phi) is 6.64. The molecule has 2 N–H and O–H groups in total. The topological polar surface area (TPSA) is 98.2 Å². The summed E-state index contributed by atoms with van der Waals surface area (Å²) in [6.45, 7) is 2.17. The highest BCUT2D eigenvalue weighted by atomic mass is 16.4. The summed E-state index contributed by atoms with van der Waals surface area (Å²) in [4.78, 5) is 37.4. The van der Waals surface area contributed by atoms with Crippen molar-refractivity contribution in [2.24, 2.45) is 0 Å². The average Bonchev–Trinajstić information content (AvgIpc) is 2.77. The summed E-state index contributed by atoms with van der Waals surface area (Å²) in [5.74, 6) is -1.12. The molecule has 0 saturated carbocycles. The number of piperazine rings is 1. The summed E-state index contributed by atoms with van der Waals surface area (Å²) in [6, 6.07) is 14.5. The monoisotopic (exact) mass is 406 g/mol. The molecule has 0 aromatic heterocycles. The number of hydrogen-bond acceptors (Lipinski definition) is 4. The fourth-order valence-electron chi connectivity index (χ4n) is 3.15. The highest BCUT2D eigenvalue weighted by Crippen LogP contribution is 2.18. The molecule has 1 heterocycles. The maximum absolute atomic E-state index is 12.4. The predicted octanol–water partition coefficient (Wildman–Crippen LogP) is 3.48. The maximum atomic E-state index is 12.4. The Hall–Kier alpha value is -3.87. The van der Waals surface area contributed by atoms with Gasteiger partial charge >= 0.3 is 12.1 Å². The number of ketones is 1. The van der Waals surface area contributed by atoms with Gasteiger partial charge in [0.25, 0.3) is 0 Å². The zero-order valence-electron chi connectivity index (χ0n) is 16.3. The van der Waals surface area contributed by atoms with Gasteiger partial charge in [-0.1, -0.05) is 30.3 Å². The van der Waals surface area contributed by atoms with Gasteiger partial charge in [0.05, 0.1) is 0 Å². The molecular weight excluding hydrogens is 384 g/mol. The van der Waals surface area contributed by atoms with Gasteiger partial charge in [-0.15, -0.1) is 0 Å². The van der Waals surface area contributed by atoms with Crippen molar-refractivity contribution < 1.29 is 24.6 Å². The molecule has 1 amide bonds. The van der Waals surface area contributed by atoms with Crippen LogP contribution >= 0.6 is 0 Å². The van der Waals surface area contributed by atoms with Crippen LogP contribution in [0.5, 0.6) is 0 Å². The fourth-order valence-corrected chi connectivity index (χ4v) is 3.15. The molecular formula is C23H22N2O5. The lowest BCUT2D eigenvalue weighted by Crippen LogP contribution is -2.48. The largest absolute Gasteiger partial charge is 0.478 e. The number of carboxylic acids is 1. The molecule has 0 aliphatic carbocycles. The lowest BCUT2D eigenvalue weighted by molar-refractivity contribution is -0.131. The van der Waals surface area contributed by atoms with Crippen LogP contribution in [0.1, 0.15) is 21.5 Å². The normalized spacial score (nSPS) is 14.4. The number of carboxylic acid groups (broad SMARTS) is 2. The van der Waals surface area contributed by atoms with Crippen molar-refractivity contribution >= 4 is 35.7 Å². The molecule has 0 radical (unpaired) electrons. The molecule has 1 saturated heterocycles. The number of rotatable bonds is 6. The predicted molar refractivity (Wildman–Crippen MR) is 115 cm³/mol. The minimum atomic E-state index is -1.00. The van der Waals surface area contributed by atoms with Crippen LogP contribution in [0, 0.1) is 0 Å². The van der Waals surface area contributed by atoms with Crippen LogP contribution in [-0.2, 0) is 4.79 Å². The standard InChI is InChI=1S/C23H22N2O5/c26-21(11-5-17-1-3-18(4-2-17)6-12-22(27)28)19-7-9-20(10-8-19)24-13-15-25(16-14-24)23(29)30/h1-12H,13-16H2,(H,27,28)(H,29,30)/b11-5+,12-6+. The van der Waals surface area contributed by atoms with Gasteiger partial charge in [-0.3, -0.25) is 4.79 Å². The molecule has 0 bridgehead atoms. The molecule has 2 aromatic rings. The van der Waals surface area contributed by atoms with Crippen molar-refractivity contribution in [3.05, 3.63) is 77.4 Å². The third-order valence-electron chi connectivity index (χ3n) is 4.85. The van der Waals surface area contributed by atoms with Crippen molar-refractivity contribution in [3.63, 3.8) is 0 Å². The first-order valence-corrected chi connectivity index (χ1v) is 9.49. The Morgan fingerprint density at radius 1 is 0.733 bits per heavy atom. The fraction of sp³-hybridized carbons (Fsp3) is 0.174. The van der Waals surface area contributed by atoms with Gasteiger partial charge in [-0.25, -0.2) is 9.59 Å². The van der Waals surface area contributed by atoms with E-state index in [1.54, 1.807) is 30.3 Å². The molecule has 7 nitrogen and oxygen atoms in total. The molecule has 30 heavy (non-hydrogen) atoms. The number of benzene rings is 2. The lowest BCUT2D eigenvalue weighted by atomic mass is 10.1. The average molecular weight is 406 g/mol. The highest BCUT2D eigenvalue weighted by molar-refractivity contribution is 6.07. The minimum absolute atomic E-state index is 0.118. The van der Waals surface area contributed by atoms with Crippen molar-refractivity contribution in [2.75, 3.05) is 31.1 Å². The second-order valence-corrected chi connectivity index (χ2v) is 6.84. The first kappa shape index (κ1) is 20.9. The Labute approximate surface area is 174 Å². The van der Waals surface area contributed by atoms with Crippen molar-refractivity contribution in [3.8, 4) is 0 Å². The number of aliphatic carboxylic acids is 1. The van der Waals surface area contributed by atoms with Crippen molar-refractivity contribution in [1.82, 2.24) is 4.90 Å². The first-order chi connectivity index (χ1) is 14.4. The van der Waals surface area contributed by atoms with Gasteiger partial charge in [-0.2, -0.15) is 0 Å². The van der Waals surface area contributed by atoms with E-state index in [1.165, 1.54) is 17.1 Å². The highest BCUT2D eigenvalue weighted by Gasteiger charge is 2.20. The lowest BCUT2D eigenvalue weighted by Gasteiger charge is -2.34. The number of carbonyl (C=O) groups excluding carboxylic acids is 1. The summed E-state index contributed by atoms with van der Waals surface area (Å²) in [5, 5.41) is 17.7. The minimum Gasteiger partial charge on any atom is -0.478 e. The van der Waals surface area contributed by atoms with Crippen LogP contribution in [0.4, 0.5) is 10.5 Å². The molecule has 154 valence electrons. The Morgan fingerprint density at radius 3 is 1.77 bits per heavy atom. The van der Waals surface area contributed by atoms with Crippen LogP contribution < -0.4 is 4.90 Å². The van der Waals surface area contributed by atoms with E-state index < -0.39 is 12.1 Å². The second-order valence-electron chi connectivity index (χ2n) is 6.84. The SMILES string of the molecule is O=C(O)/C=C/c1ccc(/C=C/C(=O)c2ccc(N3CCN(C(=O)O)CC3)cc2)cc1. The summed E-state index contributed by atoms with van der Waals surface area (Å²) in [5.41, 5.74) is 3.13. The number of anilines is 1. The molecule has 7 heteroatoms. The summed E-state index contributed by atoms with van der Waals surface area (Å²) in [6.07, 6.45) is 4.90. The third-order valence-corrected chi connectivity index (χ3v) is 4.85. The van der Waals surface area contributed by atoms with Gasteiger partial charge in [0.15, 0.2) is 5.78 Å². The van der Waals surface area contributed by atoms with E-state index in [9.17, 15) is 14.4 Å². The zero-order valence-corrected chi connectivity index (χ0v) is 16.3. The number of amides is 1. The number of hydrogen-bond donors (Lipinski definition) is 2. The van der Waals surface area contributed by atoms with Gasteiger partial charge in [0.2, 0.25) is 0 Å². The maximum Gasteiger partial charge on any atom is 0.407 e. The smallest absolute Gasteiger partial charge is 0.407 e. The van der Waals surface area contributed by atoms with E-state index >= 15 is 0 Å². The Balaban J connectivity index is 1.58. The van der Waals surface area contributed by atoms with Gasteiger partial charge in [-0.05, 0) is 47.5 Å². The van der Waals surface area contributed by atoms with Crippen LogP contribution in [0.3, 0.4) is 0 Å². The number of carbonyl (C=O) groups is 3. The Morgan fingerprint density at radius 2 is 1.27 bits per heavy atom. The van der Waals surface area contributed by atoms with Crippen molar-refractivity contribution in [1.29, 1.82) is 0 Å². The van der Waals surface area contributed by atoms with E-state index in [4.69, 9.17) is 10.2 Å². The zero-order chi connectivity index (χ0) is 21.5. The van der Waals surface area contributed by atoms with Gasteiger partial charge < -0.3 is 20.0 Å². The number of allylic oxidation sites excluding steroid dienone is 1. The quantitative estimate of drug-likeness (QED) is 0.563. The van der Waals surface area contributed by atoms with E-state index in [0.717, 1.165) is 22.9 Å². The molecule has 1 fully saturated rings. The van der Waals surface area contributed by atoms with E-state index in [2.05, 4.69) is 4.90 Å². The van der Waals surface area contributed by atoms with Crippen LogP contribution in [0.25, 0.3) is 12.2 Å². The Bertz CT molecular complexity index is 970. The van der Waals surface area contributed by atoms with Gasteiger partial charge in [0.1, 0.15) is 0 Å². The molecule has 1 aliphatic heterocycles. The molecule has 0 spiro atoms. The van der Waals surface area contributed by atoms with E-state index in [-0.39, 0.29) is 5.78 Å². The van der Waals surface area contributed by atoms with Crippen LogP contribution in [-0.4, -0.2) is 59.1 Å². The summed E-state index contributed by atoms with van der Waals surface area (Å²) < 4.78 is 0. The summed E-state index contributed by atoms with van der Waals surface area (Å²) >= 11 is 0. The third kappa shape index (κ3) is 5.57. The van der Waals surface area contributed by atoms with Gasteiger partial charge in [0, 0.05) is 43.5 Å². The molecule has 0 unspecified atom stereocenters. The molecule has 3 rings (SSSR count). The first-order valence-electron chi connectivity index (χ1n) is 9.49. The van der Waals surface area contributed by atoms with Crippen molar-refractivity contribution in [2.45, 2.75) is 0 Å². The van der Waals surface area contributed by atoms with Crippen LogP contribution in [0.2, 0.25) is 0 Å².